The van der Waals surface area contributed by atoms with Crippen molar-refractivity contribution in [1.29, 1.82) is 0 Å². The minimum Gasteiger partial charge on any atom is -0.481 e. The number of aromatic nitrogens is 2. The van der Waals surface area contributed by atoms with Crippen molar-refractivity contribution in [2.75, 3.05) is 13.2 Å². The molecular weight excluding hydrogens is 603 g/mol. The Morgan fingerprint density at radius 1 is 0.979 bits per heavy atom. The summed E-state index contributed by atoms with van der Waals surface area (Å²) in [7, 11) is -1.99. The lowest BCUT2D eigenvalue weighted by Crippen LogP contribution is -2.44. The van der Waals surface area contributed by atoms with Crippen molar-refractivity contribution in [1.82, 2.24) is 14.9 Å². The highest BCUT2D eigenvalue weighted by molar-refractivity contribution is 6.74. The van der Waals surface area contributed by atoms with Gasteiger partial charge in [-0.05, 0) is 65.7 Å². The summed E-state index contributed by atoms with van der Waals surface area (Å²) >= 11 is 0. The van der Waals surface area contributed by atoms with Crippen molar-refractivity contribution < 1.29 is 14.0 Å². The van der Waals surface area contributed by atoms with E-state index in [9.17, 15) is 9.59 Å². The Morgan fingerprint density at radius 3 is 2.36 bits per heavy atom. The zero-order chi connectivity index (χ0) is 33.2. The van der Waals surface area contributed by atoms with Gasteiger partial charge in [-0.2, -0.15) is 0 Å². The first-order chi connectivity index (χ1) is 22.5. The third-order valence-electron chi connectivity index (χ3n) is 10.6. The molecule has 0 radical (unpaired) electrons. The maximum atomic E-state index is 14.5. The van der Waals surface area contributed by atoms with E-state index in [1.807, 2.05) is 35.2 Å². The number of carbonyl (C=O) groups is 1. The summed E-state index contributed by atoms with van der Waals surface area (Å²) in [5.41, 5.74) is 1.71. The van der Waals surface area contributed by atoms with E-state index in [1.54, 1.807) is 0 Å². The van der Waals surface area contributed by atoms with Crippen molar-refractivity contribution in [2.24, 2.45) is 0 Å². The average Bonchev–Trinajstić information content (AvgIpc) is 3.78. The van der Waals surface area contributed by atoms with Gasteiger partial charge in [0.05, 0.1) is 6.61 Å². The van der Waals surface area contributed by atoms with Crippen molar-refractivity contribution in [3.8, 4) is 5.75 Å². The fourth-order valence-electron chi connectivity index (χ4n) is 6.79. The Morgan fingerprint density at radius 2 is 1.66 bits per heavy atom. The zero-order valence-electron chi connectivity index (χ0n) is 28.6. The van der Waals surface area contributed by atoms with Crippen molar-refractivity contribution >= 4 is 25.0 Å². The van der Waals surface area contributed by atoms with Crippen LogP contribution < -0.4 is 10.3 Å². The summed E-state index contributed by atoms with van der Waals surface area (Å²) in [5.74, 6) is 0.269. The van der Waals surface area contributed by atoms with Gasteiger partial charge in [-0.15, -0.1) is 0 Å². The summed E-state index contributed by atoms with van der Waals surface area (Å²) < 4.78 is 12.6. The number of amides is 1. The molecular formula is C39H49N3O4Si. The standard InChI is InChI=1S/C39H49N3O4Si/c1-38(2,3)47(4,5)46-25-24-42(30-20-21-30)37(44)34-35(45-27-28-14-7-6-8-15-28)36(43)41-33(40-34)26-39(22-11-12-23-39)32-19-13-17-29-16-9-10-18-31(29)32/h6-10,13-19,30H,11-12,20-27H2,1-5H3,(H,40,41,43). The minimum absolute atomic E-state index is 0.01000. The summed E-state index contributed by atoms with van der Waals surface area (Å²) in [6.07, 6.45) is 6.65. The molecule has 7 nitrogen and oxygen atoms in total. The van der Waals surface area contributed by atoms with Crippen LogP contribution in [0.15, 0.2) is 77.6 Å². The van der Waals surface area contributed by atoms with Crippen LogP contribution in [-0.2, 0) is 22.9 Å². The van der Waals surface area contributed by atoms with Gasteiger partial charge in [0.15, 0.2) is 14.0 Å². The van der Waals surface area contributed by atoms with Crippen molar-refractivity contribution in [2.45, 2.75) is 102 Å². The normalized spacial score (nSPS) is 16.4. The number of ether oxygens (including phenoxy) is 1. The summed E-state index contributed by atoms with van der Waals surface area (Å²) in [5, 5.41) is 2.52. The molecule has 2 aliphatic rings. The molecule has 0 saturated heterocycles. The molecule has 248 valence electrons. The molecule has 4 aromatic rings. The first-order valence-electron chi connectivity index (χ1n) is 17.2. The van der Waals surface area contributed by atoms with Crippen LogP contribution in [0.5, 0.6) is 5.75 Å². The molecule has 47 heavy (non-hydrogen) atoms. The predicted octanol–water partition coefficient (Wildman–Crippen LogP) is 8.18. The van der Waals surface area contributed by atoms with Gasteiger partial charge in [-0.1, -0.05) is 106 Å². The van der Waals surface area contributed by atoms with E-state index < -0.39 is 13.9 Å². The maximum Gasteiger partial charge on any atom is 0.294 e. The largest absolute Gasteiger partial charge is 0.481 e. The predicted molar refractivity (Wildman–Crippen MR) is 191 cm³/mol. The third-order valence-corrected chi connectivity index (χ3v) is 15.2. The molecule has 0 aliphatic heterocycles. The maximum absolute atomic E-state index is 14.5. The molecule has 0 atom stereocenters. The summed E-state index contributed by atoms with van der Waals surface area (Å²) in [6.45, 7) is 12.2. The van der Waals surface area contributed by atoms with Crippen molar-refractivity contribution in [3.05, 3.63) is 106 Å². The topological polar surface area (TPSA) is 84.5 Å². The Balaban J connectivity index is 1.35. The molecule has 8 heteroatoms. The van der Waals surface area contributed by atoms with E-state index in [-0.39, 0.29) is 40.5 Å². The summed E-state index contributed by atoms with van der Waals surface area (Å²) in [4.78, 5) is 38.2. The zero-order valence-corrected chi connectivity index (χ0v) is 29.6. The average molecular weight is 652 g/mol. The molecule has 0 spiro atoms. The molecule has 6 rings (SSSR count). The van der Waals surface area contributed by atoms with Gasteiger partial charge in [0.2, 0.25) is 5.75 Å². The number of fused-ring (bicyclic) bond motifs is 1. The van der Waals surface area contributed by atoms with Gasteiger partial charge in [0.1, 0.15) is 12.4 Å². The van der Waals surface area contributed by atoms with E-state index in [0.717, 1.165) is 44.1 Å². The van der Waals surface area contributed by atoms with Crippen LogP contribution in [-0.4, -0.2) is 48.3 Å². The number of benzene rings is 3. The van der Waals surface area contributed by atoms with Gasteiger partial charge in [-0.25, -0.2) is 4.98 Å². The van der Waals surface area contributed by atoms with Crippen LogP contribution in [0.2, 0.25) is 18.1 Å². The molecule has 1 amide bonds. The molecule has 2 fully saturated rings. The van der Waals surface area contributed by atoms with Gasteiger partial charge < -0.3 is 19.0 Å². The number of hydrogen-bond acceptors (Lipinski definition) is 5. The number of hydrogen-bond donors (Lipinski definition) is 1. The van der Waals surface area contributed by atoms with Crippen LogP contribution >= 0.6 is 0 Å². The highest BCUT2D eigenvalue weighted by Gasteiger charge is 2.41. The lowest BCUT2D eigenvalue weighted by atomic mass is 9.74. The van der Waals surface area contributed by atoms with Gasteiger partial charge in [0, 0.05) is 24.4 Å². The first kappa shape index (κ1) is 33.2. The van der Waals surface area contributed by atoms with Gasteiger partial charge in [-0.3, -0.25) is 9.59 Å². The van der Waals surface area contributed by atoms with Crippen LogP contribution in [0.4, 0.5) is 0 Å². The number of nitrogens with zero attached hydrogens (tertiary/aromatic N) is 2. The van der Waals surface area contributed by atoms with Crippen molar-refractivity contribution in [3.63, 3.8) is 0 Å². The number of carbonyl (C=O) groups excluding carboxylic acids is 1. The molecule has 2 aliphatic carbocycles. The first-order valence-corrected chi connectivity index (χ1v) is 20.1. The minimum atomic E-state index is -1.99. The monoisotopic (exact) mass is 651 g/mol. The molecule has 1 aromatic heterocycles. The van der Waals surface area contributed by atoms with Crippen LogP contribution in [0.1, 0.15) is 86.7 Å². The van der Waals surface area contributed by atoms with Crippen LogP contribution in [0.3, 0.4) is 0 Å². The second-order valence-electron chi connectivity index (χ2n) is 15.0. The quantitative estimate of drug-likeness (QED) is 0.156. The fraction of sp³-hybridized carbons (Fsp3) is 0.462. The lowest BCUT2D eigenvalue weighted by molar-refractivity contribution is 0.0698. The number of H-pyrrole nitrogens is 1. The Labute approximate surface area is 279 Å². The summed E-state index contributed by atoms with van der Waals surface area (Å²) in [6, 6.07) is 24.8. The number of rotatable bonds is 12. The smallest absolute Gasteiger partial charge is 0.294 e. The SMILES string of the molecule is CC(C)(C)[Si](C)(C)OCCN(C(=O)c1nc(CC2(c3cccc4ccccc34)CCCC2)[nH]c(=O)c1OCc1ccccc1)C1CC1. The van der Waals surface area contributed by atoms with E-state index in [2.05, 4.69) is 81.3 Å². The molecule has 1 heterocycles. The second kappa shape index (κ2) is 13.4. The van der Waals surface area contributed by atoms with Gasteiger partial charge >= 0.3 is 0 Å². The van der Waals surface area contributed by atoms with Crippen LogP contribution in [0, 0.1) is 0 Å². The Hall–Kier alpha value is -3.75. The van der Waals surface area contributed by atoms with E-state index in [4.69, 9.17) is 14.1 Å². The van der Waals surface area contributed by atoms with Crippen LogP contribution in [0.25, 0.3) is 10.8 Å². The van der Waals surface area contributed by atoms with E-state index >= 15 is 0 Å². The highest BCUT2D eigenvalue weighted by atomic mass is 28.4. The number of aromatic amines is 1. The van der Waals surface area contributed by atoms with E-state index in [0.29, 0.717) is 25.4 Å². The molecule has 0 unspecified atom stereocenters. The fourth-order valence-corrected chi connectivity index (χ4v) is 7.83. The highest BCUT2D eigenvalue weighted by Crippen LogP contribution is 2.46. The van der Waals surface area contributed by atoms with Gasteiger partial charge in [0.25, 0.3) is 11.5 Å². The molecule has 1 N–H and O–H groups in total. The third kappa shape index (κ3) is 7.24. The number of nitrogens with one attached hydrogen (secondary N) is 1. The molecule has 0 bridgehead atoms. The lowest BCUT2D eigenvalue weighted by Gasteiger charge is -2.37. The Kier molecular flexibility index (Phi) is 9.45. The molecule has 2 saturated carbocycles. The molecule has 3 aromatic carbocycles. The Bertz CT molecular complexity index is 1760. The van der Waals surface area contributed by atoms with E-state index in [1.165, 1.54) is 16.3 Å². The second-order valence-corrected chi connectivity index (χ2v) is 19.8.